The number of nitrogens with zero attached hydrogens (tertiary/aromatic N) is 7. The highest BCUT2D eigenvalue weighted by Crippen LogP contribution is 2.26. The van der Waals surface area contributed by atoms with Crippen molar-refractivity contribution in [1.29, 1.82) is 0 Å². The van der Waals surface area contributed by atoms with E-state index >= 15 is 0 Å². The molecule has 1 fully saturated rings. The third-order valence-corrected chi connectivity index (χ3v) is 3.32. The van der Waals surface area contributed by atoms with Gasteiger partial charge in [0.15, 0.2) is 0 Å². The van der Waals surface area contributed by atoms with Crippen LogP contribution in [0.25, 0.3) is 5.95 Å². The summed E-state index contributed by atoms with van der Waals surface area (Å²) in [5.74, 6) is 0.957. The minimum Gasteiger partial charge on any atom is -0.341 e. The largest absolute Gasteiger partial charge is 0.341 e. The number of rotatable bonds is 3. The van der Waals surface area contributed by atoms with Gasteiger partial charge in [-0.15, -0.1) is 0 Å². The molecule has 7 nitrogen and oxygen atoms in total. The van der Waals surface area contributed by atoms with Gasteiger partial charge in [0.1, 0.15) is 12.7 Å². The first-order valence-electron chi connectivity index (χ1n) is 5.73. The minimum absolute atomic E-state index is 0.164. The predicted molar refractivity (Wildman–Crippen MR) is 65.8 cm³/mol. The fourth-order valence-corrected chi connectivity index (χ4v) is 1.99. The molecule has 0 unspecified atom stereocenters. The lowest BCUT2D eigenvalue weighted by Gasteiger charge is -2.34. The Bertz CT molecular complexity index is 537. The van der Waals surface area contributed by atoms with Crippen LogP contribution < -0.4 is 4.90 Å². The monoisotopic (exact) mass is 265 g/mol. The lowest BCUT2D eigenvalue weighted by atomic mass is 9.92. The number of aromatic nitrogens is 6. The van der Waals surface area contributed by atoms with Crippen LogP contribution >= 0.6 is 11.6 Å². The molecule has 2 heterocycles. The van der Waals surface area contributed by atoms with Crippen LogP contribution in [-0.4, -0.2) is 42.8 Å². The Balaban J connectivity index is 1.95. The quantitative estimate of drug-likeness (QED) is 0.827. The topological polar surface area (TPSA) is 72.6 Å². The molecule has 1 aliphatic rings. The van der Waals surface area contributed by atoms with E-state index in [0.717, 1.165) is 0 Å². The van der Waals surface area contributed by atoms with E-state index in [9.17, 15) is 0 Å². The normalized spacial score (nSPS) is 15.4. The van der Waals surface area contributed by atoms with Crippen LogP contribution in [0.15, 0.2) is 12.7 Å². The Hall–Kier alpha value is -1.76. The van der Waals surface area contributed by atoms with E-state index in [1.165, 1.54) is 36.6 Å². The van der Waals surface area contributed by atoms with E-state index in [-0.39, 0.29) is 5.28 Å². The number of halogens is 1. The molecule has 0 aliphatic heterocycles. The molecule has 0 aromatic carbocycles. The third-order valence-electron chi connectivity index (χ3n) is 3.15. The summed E-state index contributed by atoms with van der Waals surface area (Å²) >= 11 is 5.93. The third kappa shape index (κ3) is 2.01. The predicted octanol–water partition coefficient (Wildman–Crippen LogP) is 1.09. The van der Waals surface area contributed by atoms with Crippen LogP contribution in [-0.2, 0) is 0 Å². The highest BCUT2D eigenvalue weighted by molar-refractivity contribution is 6.28. The van der Waals surface area contributed by atoms with Crippen molar-refractivity contribution < 1.29 is 0 Å². The van der Waals surface area contributed by atoms with Gasteiger partial charge in [-0.1, -0.05) is 0 Å². The molecule has 0 spiro atoms. The van der Waals surface area contributed by atoms with Crippen molar-refractivity contribution in [3.05, 3.63) is 17.9 Å². The van der Waals surface area contributed by atoms with Crippen LogP contribution in [0.3, 0.4) is 0 Å². The van der Waals surface area contributed by atoms with E-state index in [0.29, 0.717) is 17.9 Å². The second-order valence-electron chi connectivity index (χ2n) is 4.24. The number of hydrogen-bond donors (Lipinski definition) is 0. The maximum absolute atomic E-state index is 5.93. The van der Waals surface area contributed by atoms with Crippen molar-refractivity contribution in [3.63, 3.8) is 0 Å². The first-order chi connectivity index (χ1) is 8.74. The maximum Gasteiger partial charge on any atom is 0.258 e. The summed E-state index contributed by atoms with van der Waals surface area (Å²) < 4.78 is 1.46. The smallest absolute Gasteiger partial charge is 0.258 e. The number of anilines is 1. The van der Waals surface area contributed by atoms with Crippen LogP contribution in [0.4, 0.5) is 5.95 Å². The fraction of sp³-hybridized carbons (Fsp3) is 0.500. The average Bonchev–Trinajstić information content (AvgIpc) is 2.79. The highest BCUT2D eigenvalue weighted by Gasteiger charge is 2.24. The first-order valence-corrected chi connectivity index (χ1v) is 6.11. The molecule has 18 heavy (non-hydrogen) atoms. The van der Waals surface area contributed by atoms with Crippen molar-refractivity contribution >= 4 is 17.5 Å². The lowest BCUT2D eigenvalue weighted by Crippen LogP contribution is -2.38. The lowest BCUT2D eigenvalue weighted by molar-refractivity contribution is 0.396. The van der Waals surface area contributed by atoms with Gasteiger partial charge >= 0.3 is 0 Å². The van der Waals surface area contributed by atoms with Gasteiger partial charge in [-0.05, 0) is 30.9 Å². The summed E-state index contributed by atoms with van der Waals surface area (Å²) in [6.07, 6.45) is 6.53. The summed E-state index contributed by atoms with van der Waals surface area (Å²) in [5.41, 5.74) is 0. The van der Waals surface area contributed by atoms with Crippen molar-refractivity contribution in [3.8, 4) is 5.95 Å². The molecule has 8 heteroatoms. The molecular weight excluding hydrogens is 254 g/mol. The zero-order valence-corrected chi connectivity index (χ0v) is 10.6. The molecule has 1 aliphatic carbocycles. The van der Waals surface area contributed by atoms with E-state index < -0.39 is 0 Å². The van der Waals surface area contributed by atoms with Gasteiger partial charge in [0.05, 0.1) is 0 Å². The van der Waals surface area contributed by atoms with Crippen molar-refractivity contribution in [1.82, 2.24) is 29.7 Å². The number of hydrogen-bond acceptors (Lipinski definition) is 6. The van der Waals surface area contributed by atoms with Gasteiger partial charge in [-0.2, -0.15) is 24.7 Å². The Labute approximate surface area is 109 Å². The SMILES string of the molecule is CN(c1nc(Cl)nc(-n2cncn2)n1)C1CCC1. The van der Waals surface area contributed by atoms with Crippen LogP contribution in [0, 0.1) is 0 Å². The summed E-state index contributed by atoms with van der Waals surface area (Å²) in [6, 6.07) is 0.493. The van der Waals surface area contributed by atoms with E-state index in [1.807, 2.05) is 11.9 Å². The average molecular weight is 266 g/mol. The summed E-state index contributed by atoms with van der Waals surface area (Å²) in [4.78, 5) is 18.5. The van der Waals surface area contributed by atoms with Gasteiger partial charge < -0.3 is 4.90 Å². The molecular formula is C10H12ClN7. The molecule has 3 rings (SSSR count). The molecule has 0 atom stereocenters. The molecule has 0 amide bonds. The van der Waals surface area contributed by atoms with Crippen molar-refractivity contribution in [2.75, 3.05) is 11.9 Å². The summed E-state index contributed by atoms with van der Waals surface area (Å²) in [5, 5.41) is 4.15. The van der Waals surface area contributed by atoms with Crippen molar-refractivity contribution in [2.24, 2.45) is 0 Å². The van der Waals surface area contributed by atoms with Crippen molar-refractivity contribution in [2.45, 2.75) is 25.3 Å². The van der Waals surface area contributed by atoms with Gasteiger partial charge in [0.2, 0.25) is 11.2 Å². The Morgan fingerprint density at radius 3 is 2.78 bits per heavy atom. The molecule has 1 saturated carbocycles. The molecule has 0 radical (unpaired) electrons. The van der Waals surface area contributed by atoms with Gasteiger partial charge in [0.25, 0.3) is 5.95 Å². The van der Waals surface area contributed by atoms with Gasteiger partial charge in [0, 0.05) is 13.1 Å². The maximum atomic E-state index is 5.93. The first kappa shape index (κ1) is 11.3. The Morgan fingerprint density at radius 1 is 1.33 bits per heavy atom. The molecule has 0 N–H and O–H groups in total. The van der Waals surface area contributed by atoms with E-state index in [4.69, 9.17) is 11.6 Å². The molecule has 2 aromatic rings. The van der Waals surface area contributed by atoms with Gasteiger partial charge in [-0.3, -0.25) is 0 Å². The molecule has 0 bridgehead atoms. The molecule has 0 saturated heterocycles. The van der Waals surface area contributed by atoms with E-state index in [2.05, 4.69) is 25.0 Å². The van der Waals surface area contributed by atoms with Crippen LogP contribution in [0.5, 0.6) is 0 Å². The minimum atomic E-state index is 0.164. The van der Waals surface area contributed by atoms with Gasteiger partial charge in [-0.25, -0.2) is 4.98 Å². The standard InChI is InChI=1S/C10H12ClN7/c1-17(7-3-2-4-7)9-14-8(11)15-10(16-9)18-6-12-5-13-18/h5-7H,2-4H2,1H3. The zero-order valence-electron chi connectivity index (χ0n) is 9.86. The highest BCUT2D eigenvalue weighted by atomic mass is 35.5. The van der Waals surface area contributed by atoms with Crippen LogP contribution in [0.2, 0.25) is 5.28 Å². The Kier molecular flexibility index (Phi) is 2.83. The van der Waals surface area contributed by atoms with E-state index in [1.54, 1.807) is 0 Å². The molecule has 94 valence electrons. The van der Waals surface area contributed by atoms with Crippen LogP contribution in [0.1, 0.15) is 19.3 Å². The second kappa shape index (κ2) is 4.49. The summed E-state index contributed by atoms with van der Waals surface area (Å²) in [6.45, 7) is 0. The second-order valence-corrected chi connectivity index (χ2v) is 4.58. The summed E-state index contributed by atoms with van der Waals surface area (Å²) in [7, 11) is 1.97. The fourth-order valence-electron chi connectivity index (χ4n) is 1.84. The molecule has 2 aromatic heterocycles. The zero-order chi connectivity index (χ0) is 12.5. The Morgan fingerprint density at radius 2 is 2.17 bits per heavy atom.